The van der Waals surface area contributed by atoms with Gasteiger partial charge in [-0.15, -0.1) is 12.4 Å². The Hall–Kier alpha value is -0.540. The number of rotatable bonds is 3. The van der Waals surface area contributed by atoms with Crippen LogP contribution in [-0.4, -0.2) is 16.6 Å². The molecule has 0 aromatic carbocycles. The molecule has 0 spiro atoms. The molecule has 0 aliphatic carbocycles. The summed E-state index contributed by atoms with van der Waals surface area (Å²) in [6.07, 6.45) is 3.25. The van der Waals surface area contributed by atoms with Crippen molar-refractivity contribution in [2.24, 2.45) is 5.73 Å². The number of nitrogens with two attached hydrogens (primary N) is 1. The van der Waals surface area contributed by atoms with Crippen LogP contribution in [0.3, 0.4) is 0 Å². The predicted octanol–water partition coefficient (Wildman–Crippen LogP) is 1.18. The highest BCUT2D eigenvalue weighted by Gasteiger charge is 2.06. The van der Waals surface area contributed by atoms with Crippen LogP contribution >= 0.6 is 12.4 Å². The van der Waals surface area contributed by atoms with Gasteiger partial charge in [-0.1, -0.05) is 6.08 Å². The van der Waals surface area contributed by atoms with Crippen LogP contribution in [0.15, 0.2) is 12.2 Å². The fourth-order valence-corrected chi connectivity index (χ4v) is 0.463. The molecule has 0 aromatic rings. The second-order valence-electron chi connectivity index (χ2n) is 2.93. The van der Waals surface area contributed by atoms with E-state index in [4.69, 9.17) is 10.8 Å². The highest BCUT2D eigenvalue weighted by atomic mass is 35.5. The first-order valence-electron chi connectivity index (χ1n) is 3.10. The van der Waals surface area contributed by atoms with E-state index < -0.39 is 5.97 Å². The van der Waals surface area contributed by atoms with Crippen LogP contribution in [0.2, 0.25) is 0 Å². The molecule has 0 unspecified atom stereocenters. The number of carboxylic acid groups (broad SMARTS) is 1. The summed E-state index contributed by atoms with van der Waals surface area (Å²) >= 11 is 0. The molecule has 0 rings (SSSR count). The maximum absolute atomic E-state index is 9.96. The lowest BCUT2D eigenvalue weighted by atomic mass is 10.0. The zero-order valence-electron chi connectivity index (χ0n) is 6.70. The summed E-state index contributed by atoms with van der Waals surface area (Å²) in [7, 11) is 0. The SMILES string of the molecule is CC(C)(N)CC=CC(=O)O.Cl. The Morgan fingerprint density at radius 1 is 1.64 bits per heavy atom. The van der Waals surface area contributed by atoms with Crippen molar-refractivity contribution < 1.29 is 9.90 Å². The van der Waals surface area contributed by atoms with Gasteiger partial charge in [0.1, 0.15) is 0 Å². The lowest BCUT2D eigenvalue weighted by molar-refractivity contribution is -0.131. The van der Waals surface area contributed by atoms with Crippen molar-refractivity contribution in [3.63, 3.8) is 0 Å². The Kier molecular flexibility index (Phi) is 6.13. The second kappa shape index (κ2) is 5.16. The standard InChI is InChI=1S/C7H13NO2.ClH/c1-7(2,8)5-3-4-6(9)10;/h3-4H,5,8H2,1-2H3,(H,9,10);1H. The van der Waals surface area contributed by atoms with Crippen LogP contribution in [0.4, 0.5) is 0 Å². The number of hydrogen-bond acceptors (Lipinski definition) is 2. The van der Waals surface area contributed by atoms with Gasteiger partial charge in [-0.2, -0.15) is 0 Å². The lowest BCUT2D eigenvalue weighted by Gasteiger charge is -2.14. The normalized spacial score (nSPS) is 11.2. The van der Waals surface area contributed by atoms with Crippen molar-refractivity contribution in [3.05, 3.63) is 12.2 Å². The number of halogens is 1. The average Bonchev–Trinajstić information content (AvgIpc) is 1.59. The Labute approximate surface area is 72.7 Å². The molecule has 0 bridgehead atoms. The maximum atomic E-state index is 9.96. The van der Waals surface area contributed by atoms with Gasteiger partial charge in [0, 0.05) is 11.6 Å². The smallest absolute Gasteiger partial charge is 0.327 e. The molecule has 0 saturated carbocycles. The number of aliphatic carboxylic acids is 1. The van der Waals surface area contributed by atoms with Gasteiger partial charge in [-0.3, -0.25) is 0 Å². The van der Waals surface area contributed by atoms with Crippen LogP contribution < -0.4 is 5.73 Å². The van der Waals surface area contributed by atoms with Crippen molar-refractivity contribution in [2.75, 3.05) is 0 Å². The van der Waals surface area contributed by atoms with Crippen LogP contribution in [0.5, 0.6) is 0 Å². The lowest BCUT2D eigenvalue weighted by Crippen LogP contribution is -2.30. The fraction of sp³-hybridized carbons (Fsp3) is 0.571. The van der Waals surface area contributed by atoms with E-state index >= 15 is 0 Å². The molecule has 0 fully saturated rings. The molecule has 3 nitrogen and oxygen atoms in total. The van der Waals surface area contributed by atoms with Gasteiger partial charge >= 0.3 is 5.97 Å². The van der Waals surface area contributed by atoms with Gasteiger partial charge in [0.15, 0.2) is 0 Å². The summed E-state index contributed by atoms with van der Waals surface area (Å²) in [6.45, 7) is 3.69. The third-order valence-electron chi connectivity index (χ3n) is 0.904. The van der Waals surface area contributed by atoms with Crippen LogP contribution in [-0.2, 0) is 4.79 Å². The minimum Gasteiger partial charge on any atom is -0.478 e. The first-order valence-corrected chi connectivity index (χ1v) is 3.10. The van der Waals surface area contributed by atoms with Gasteiger partial charge < -0.3 is 10.8 Å². The second-order valence-corrected chi connectivity index (χ2v) is 2.93. The predicted molar refractivity (Wildman–Crippen MR) is 46.9 cm³/mol. The molecule has 0 heterocycles. The zero-order valence-corrected chi connectivity index (χ0v) is 7.52. The van der Waals surface area contributed by atoms with Gasteiger partial charge in [0.2, 0.25) is 0 Å². The minimum absolute atomic E-state index is 0. The molecule has 0 aliphatic rings. The van der Waals surface area contributed by atoms with E-state index in [0.717, 1.165) is 6.08 Å². The van der Waals surface area contributed by atoms with Crippen LogP contribution in [0.25, 0.3) is 0 Å². The Morgan fingerprint density at radius 3 is 2.36 bits per heavy atom. The van der Waals surface area contributed by atoms with Gasteiger partial charge in [-0.05, 0) is 20.3 Å². The van der Waals surface area contributed by atoms with Crippen molar-refractivity contribution in [1.29, 1.82) is 0 Å². The van der Waals surface area contributed by atoms with Crippen LogP contribution in [0.1, 0.15) is 20.3 Å². The van der Waals surface area contributed by atoms with Crippen molar-refractivity contribution in [3.8, 4) is 0 Å². The van der Waals surface area contributed by atoms with Gasteiger partial charge in [0.05, 0.1) is 0 Å². The Morgan fingerprint density at radius 2 is 2.09 bits per heavy atom. The third kappa shape index (κ3) is 12.6. The van der Waals surface area contributed by atoms with E-state index in [2.05, 4.69) is 0 Å². The Bertz CT molecular complexity index is 149. The molecular formula is C7H14ClNO2. The van der Waals surface area contributed by atoms with E-state index in [1.807, 2.05) is 13.8 Å². The first-order chi connectivity index (χ1) is 4.42. The number of carboxylic acids is 1. The van der Waals surface area contributed by atoms with E-state index in [-0.39, 0.29) is 17.9 Å². The topological polar surface area (TPSA) is 63.3 Å². The average molecular weight is 180 g/mol. The van der Waals surface area contributed by atoms with E-state index in [0.29, 0.717) is 6.42 Å². The molecule has 11 heavy (non-hydrogen) atoms. The zero-order chi connectivity index (χ0) is 8.20. The molecule has 0 atom stereocenters. The highest BCUT2D eigenvalue weighted by molar-refractivity contribution is 5.85. The summed E-state index contributed by atoms with van der Waals surface area (Å²) in [5, 5.41) is 8.18. The molecule has 0 aromatic heterocycles. The summed E-state index contributed by atoms with van der Waals surface area (Å²) in [4.78, 5) is 9.96. The van der Waals surface area contributed by atoms with E-state index in [1.54, 1.807) is 6.08 Å². The molecule has 0 saturated heterocycles. The summed E-state index contributed by atoms with van der Waals surface area (Å²) in [6, 6.07) is 0. The van der Waals surface area contributed by atoms with Crippen LogP contribution in [0, 0.1) is 0 Å². The summed E-state index contributed by atoms with van der Waals surface area (Å²) in [5.41, 5.74) is 5.26. The Balaban J connectivity index is 0. The molecule has 3 N–H and O–H groups in total. The largest absolute Gasteiger partial charge is 0.478 e. The number of hydrogen-bond donors (Lipinski definition) is 2. The molecular weight excluding hydrogens is 166 g/mol. The van der Waals surface area contributed by atoms with Crippen molar-refractivity contribution >= 4 is 18.4 Å². The van der Waals surface area contributed by atoms with Crippen molar-refractivity contribution in [1.82, 2.24) is 0 Å². The molecule has 0 radical (unpaired) electrons. The minimum atomic E-state index is -0.927. The van der Waals surface area contributed by atoms with Gasteiger partial charge in [-0.25, -0.2) is 4.79 Å². The fourth-order valence-electron chi connectivity index (χ4n) is 0.463. The van der Waals surface area contributed by atoms with Crippen molar-refractivity contribution in [2.45, 2.75) is 25.8 Å². The monoisotopic (exact) mass is 179 g/mol. The third-order valence-corrected chi connectivity index (χ3v) is 0.904. The number of carbonyl (C=O) groups is 1. The summed E-state index contributed by atoms with van der Waals surface area (Å²) in [5.74, 6) is -0.927. The molecule has 66 valence electrons. The quantitative estimate of drug-likeness (QED) is 0.640. The first kappa shape index (κ1) is 13.1. The maximum Gasteiger partial charge on any atom is 0.327 e. The summed E-state index contributed by atoms with van der Waals surface area (Å²) < 4.78 is 0. The van der Waals surface area contributed by atoms with E-state index in [1.165, 1.54) is 0 Å². The molecule has 0 amide bonds. The molecule has 0 aliphatic heterocycles. The highest BCUT2D eigenvalue weighted by Crippen LogP contribution is 2.03. The van der Waals surface area contributed by atoms with E-state index in [9.17, 15) is 4.79 Å². The molecule has 4 heteroatoms. The van der Waals surface area contributed by atoms with Gasteiger partial charge in [0.25, 0.3) is 0 Å².